The second-order valence-corrected chi connectivity index (χ2v) is 3.32. The lowest BCUT2D eigenvalue weighted by atomic mass is 9.79. The molecule has 2 rings (SSSR count). The van der Waals surface area contributed by atoms with E-state index in [4.69, 9.17) is 10.0 Å². The summed E-state index contributed by atoms with van der Waals surface area (Å²) in [5, 5.41) is 21.8. The van der Waals surface area contributed by atoms with Crippen LogP contribution in [0.15, 0.2) is 30.9 Å². The number of hydrogen-bond acceptors (Lipinski definition) is 4. The molecule has 0 bridgehead atoms. The van der Waals surface area contributed by atoms with E-state index >= 15 is 0 Å². The first-order chi connectivity index (χ1) is 7.66. The SMILES string of the molecule is OB(O)c1cc(Cn2cncn2)ccc1F. The molecule has 0 radical (unpaired) electrons. The van der Waals surface area contributed by atoms with Crippen molar-refractivity contribution in [2.45, 2.75) is 6.54 Å². The largest absolute Gasteiger partial charge is 0.491 e. The molecule has 1 aromatic heterocycles. The summed E-state index contributed by atoms with van der Waals surface area (Å²) in [7, 11) is -1.81. The average molecular weight is 221 g/mol. The third-order valence-electron chi connectivity index (χ3n) is 2.15. The fourth-order valence-electron chi connectivity index (χ4n) is 1.39. The lowest BCUT2D eigenvalue weighted by Crippen LogP contribution is -2.33. The van der Waals surface area contributed by atoms with E-state index in [2.05, 4.69) is 10.1 Å². The highest BCUT2D eigenvalue weighted by Gasteiger charge is 2.16. The molecule has 1 heterocycles. The van der Waals surface area contributed by atoms with Crippen molar-refractivity contribution in [3.05, 3.63) is 42.2 Å². The third-order valence-corrected chi connectivity index (χ3v) is 2.15. The zero-order valence-electron chi connectivity index (χ0n) is 8.29. The van der Waals surface area contributed by atoms with Gasteiger partial charge in [-0.1, -0.05) is 12.1 Å². The van der Waals surface area contributed by atoms with Crippen molar-refractivity contribution >= 4 is 12.6 Å². The first-order valence-electron chi connectivity index (χ1n) is 4.63. The lowest BCUT2D eigenvalue weighted by Gasteiger charge is -2.05. The molecule has 82 valence electrons. The normalized spacial score (nSPS) is 10.4. The van der Waals surface area contributed by atoms with Crippen LogP contribution in [0, 0.1) is 5.82 Å². The van der Waals surface area contributed by atoms with Crippen LogP contribution in [0.1, 0.15) is 5.56 Å². The molecule has 0 saturated heterocycles. The minimum atomic E-state index is -1.81. The quantitative estimate of drug-likeness (QED) is 0.662. The van der Waals surface area contributed by atoms with E-state index in [1.807, 2.05) is 0 Å². The zero-order valence-corrected chi connectivity index (χ0v) is 8.29. The molecule has 0 saturated carbocycles. The van der Waals surface area contributed by atoms with Gasteiger partial charge in [0.05, 0.1) is 6.54 Å². The van der Waals surface area contributed by atoms with Crippen molar-refractivity contribution < 1.29 is 14.4 Å². The molecule has 5 nitrogen and oxygen atoms in total. The van der Waals surface area contributed by atoms with Gasteiger partial charge in [-0.05, 0) is 11.6 Å². The fourth-order valence-corrected chi connectivity index (χ4v) is 1.39. The first kappa shape index (κ1) is 10.8. The highest BCUT2D eigenvalue weighted by atomic mass is 19.1. The number of benzene rings is 1. The van der Waals surface area contributed by atoms with Gasteiger partial charge in [0.1, 0.15) is 18.5 Å². The van der Waals surface area contributed by atoms with Crippen molar-refractivity contribution in [3.63, 3.8) is 0 Å². The Morgan fingerprint density at radius 2 is 2.19 bits per heavy atom. The number of rotatable bonds is 3. The predicted molar refractivity (Wildman–Crippen MR) is 55.3 cm³/mol. The third kappa shape index (κ3) is 2.26. The molecule has 0 aliphatic rings. The van der Waals surface area contributed by atoms with E-state index in [-0.39, 0.29) is 5.46 Å². The molecule has 0 aliphatic carbocycles. The molecule has 0 fully saturated rings. The molecule has 1 aromatic carbocycles. The van der Waals surface area contributed by atoms with Crippen LogP contribution < -0.4 is 5.46 Å². The van der Waals surface area contributed by atoms with Gasteiger partial charge in [-0.25, -0.2) is 14.1 Å². The van der Waals surface area contributed by atoms with E-state index in [0.717, 1.165) is 5.56 Å². The van der Waals surface area contributed by atoms with Gasteiger partial charge in [0, 0.05) is 5.46 Å². The first-order valence-corrected chi connectivity index (χ1v) is 4.63. The van der Waals surface area contributed by atoms with Gasteiger partial charge in [-0.2, -0.15) is 5.10 Å². The van der Waals surface area contributed by atoms with Crippen LogP contribution in [0.4, 0.5) is 4.39 Å². The van der Waals surface area contributed by atoms with E-state index < -0.39 is 12.9 Å². The number of aromatic nitrogens is 3. The highest BCUT2D eigenvalue weighted by Crippen LogP contribution is 2.03. The summed E-state index contributed by atoms with van der Waals surface area (Å²) in [5.74, 6) is -0.641. The van der Waals surface area contributed by atoms with E-state index in [1.54, 1.807) is 10.7 Å². The molecule has 0 unspecified atom stereocenters. The fraction of sp³-hybridized carbons (Fsp3) is 0.111. The lowest BCUT2D eigenvalue weighted by molar-refractivity contribution is 0.423. The Hall–Kier alpha value is -1.73. The maximum atomic E-state index is 13.1. The van der Waals surface area contributed by atoms with E-state index in [0.29, 0.717) is 6.54 Å². The molecule has 0 aliphatic heterocycles. The Labute approximate surface area is 91.3 Å². The maximum Gasteiger partial charge on any atom is 0.491 e. The van der Waals surface area contributed by atoms with Crippen molar-refractivity contribution in [1.29, 1.82) is 0 Å². The topological polar surface area (TPSA) is 71.2 Å². The van der Waals surface area contributed by atoms with Crippen LogP contribution in [0.2, 0.25) is 0 Å². The summed E-state index contributed by atoms with van der Waals surface area (Å²) in [6.07, 6.45) is 2.92. The van der Waals surface area contributed by atoms with Crippen LogP contribution in [-0.2, 0) is 6.54 Å². The molecular formula is C9H9BFN3O2. The molecule has 0 spiro atoms. The monoisotopic (exact) mass is 221 g/mol. The van der Waals surface area contributed by atoms with Crippen LogP contribution in [0.5, 0.6) is 0 Å². The standard InChI is InChI=1S/C9H9BFN3O2/c11-9-2-1-7(3-8(9)10(15)16)4-14-6-12-5-13-14/h1-3,5-6,15-16H,4H2. The Morgan fingerprint density at radius 1 is 1.38 bits per heavy atom. The van der Waals surface area contributed by atoms with Crippen molar-refractivity contribution in [2.75, 3.05) is 0 Å². The van der Waals surface area contributed by atoms with Crippen LogP contribution in [0.3, 0.4) is 0 Å². The maximum absolute atomic E-state index is 13.1. The molecule has 0 atom stereocenters. The van der Waals surface area contributed by atoms with Crippen LogP contribution in [-0.4, -0.2) is 31.9 Å². The minimum absolute atomic E-state index is 0.141. The van der Waals surface area contributed by atoms with Crippen molar-refractivity contribution in [2.24, 2.45) is 0 Å². The molecule has 2 N–H and O–H groups in total. The summed E-state index contributed by atoms with van der Waals surface area (Å²) in [4.78, 5) is 3.77. The zero-order chi connectivity index (χ0) is 11.5. The Balaban J connectivity index is 2.26. The van der Waals surface area contributed by atoms with Gasteiger partial charge in [0.25, 0.3) is 0 Å². The average Bonchev–Trinajstić information content (AvgIpc) is 2.73. The van der Waals surface area contributed by atoms with Crippen molar-refractivity contribution in [3.8, 4) is 0 Å². The summed E-state index contributed by atoms with van der Waals surface area (Å²) in [6, 6.07) is 4.14. The highest BCUT2D eigenvalue weighted by molar-refractivity contribution is 6.58. The van der Waals surface area contributed by atoms with Gasteiger partial charge >= 0.3 is 7.12 Å². The molecule has 2 aromatic rings. The summed E-state index contributed by atoms with van der Waals surface area (Å²) >= 11 is 0. The van der Waals surface area contributed by atoms with Crippen LogP contribution in [0.25, 0.3) is 0 Å². The molecule has 16 heavy (non-hydrogen) atoms. The molecule has 7 heteroatoms. The molecular weight excluding hydrogens is 212 g/mol. The van der Waals surface area contributed by atoms with Gasteiger partial charge in [0.15, 0.2) is 0 Å². The number of halogens is 1. The van der Waals surface area contributed by atoms with Gasteiger partial charge in [0.2, 0.25) is 0 Å². The van der Waals surface area contributed by atoms with E-state index in [9.17, 15) is 4.39 Å². The summed E-state index contributed by atoms with van der Waals surface area (Å²) < 4.78 is 14.7. The smallest absolute Gasteiger partial charge is 0.423 e. The number of hydrogen-bond donors (Lipinski definition) is 2. The van der Waals surface area contributed by atoms with Gasteiger partial charge < -0.3 is 10.0 Å². The Morgan fingerprint density at radius 3 is 2.81 bits per heavy atom. The van der Waals surface area contributed by atoms with Crippen molar-refractivity contribution in [1.82, 2.24) is 14.8 Å². The predicted octanol–water partition coefficient (Wildman–Crippen LogP) is -0.855. The summed E-state index contributed by atoms with van der Waals surface area (Å²) in [6.45, 7) is 0.403. The second-order valence-electron chi connectivity index (χ2n) is 3.32. The Bertz CT molecular complexity index is 476. The summed E-state index contributed by atoms with van der Waals surface area (Å²) in [5.41, 5.74) is 0.576. The second kappa shape index (κ2) is 4.42. The molecule has 0 amide bonds. The number of nitrogens with zero attached hydrogens (tertiary/aromatic N) is 3. The van der Waals surface area contributed by atoms with Gasteiger partial charge in [-0.15, -0.1) is 0 Å². The van der Waals surface area contributed by atoms with Gasteiger partial charge in [-0.3, -0.25) is 0 Å². The van der Waals surface area contributed by atoms with Crippen LogP contribution >= 0.6 is 0 Å². The van der Waals surface area contributed by atoms with E-state index in [1.165, 1.54) is 24.8 Å². The minimum Gasteiger partial charge on any atom is -0.423 e. The Kier molecular flexibility index (Phi) is 2.98.